The number of hydrogen-bond donors (Lipinski definition) is 1. The molecule has 5 heteroatoms. The molecule has 2 aromatic rings. The molecule has 0 aliphatic heterocycles. The Morgan fingerprint density at radius 1 is 1.19 bits per heavy atom. The highest BCUT2D eigenvalue weighted by Gasteiger charge is 2.12. The number of aryl methyl sites for hydroxylation is 1. The summed E-state index contributed by atoms with van der Waals surface area (Å²) in [5, 5.41) is 9.12. The highest BCUT2D eigenvalue weighted by atomic mass is 19.1. The van der Waals surface area contributed by atoms with E-state index in [4.69, 9.17) is 14.6 Å². The fourth-order valence-corrected chi connectivity index (χ4v) is 1.95. The van der Waals surface area contributed by atoms with Crippen LogP contribution < -0.4 is 9.47 Å². The van der Waals surface area contributed by atoms with E-state index in [2.05, 4.69) is 0 Å². The van der Waals surface area contributed by atoms with E-state index in [1.54, 1.807) is 25.1 Å². The average molecular weight is 290 g/mol. The fourth-order valence-electron chi connectivity index (χ4n) is 1.95. The second-order valence-corrected chi connectivity index (χ2v) is 4.54. The third-order valence-electron chi connectivity index (χ3n) is 3.03. The number of rotatable bonds is 5. The van der Waals surface area contributed by atoms with Crippen LogP contribution in [0.2, 0.25) is 0 Å². The maximum atomic E-state index is 13.0. The minimum Gasteiger partial charge on any atom is -0.496 e. The molecule has 0 aromatic heterocycles. The lowest BCUT2D eigenvalue weighted by Crippen LogP contribution is -2.03. The molecule has 0 aliphatic rings. The summed E-state index contributed by atoms with van der Waals surface area (Å²) in [6, 6.07) is 9.06. The fraction of sp³-hybridized carbons (Fsp3) is 0.188. The standard InChI is InChI=1S/C16H15FO4/c1-10-7-12(17)4-6-14(10)21-9-11-3-5-15(20-2)13(8-11)16(18)19/h3-8H,9H2,1-2H3,(H,18,19). The number of benzene rings is 2. The van der Waals surface area contributed by atoms with E-state index in [0.29, 0.717) is 22.6 Å². The van der Waals surface area contributed by atoms with E-state index in [0.717, 1.165) is 0 Å². The molecule has 110 valence electrons. The third-order valence-corrected chi connectivity index (χ3v) is 3.03. The van der Waals surface area contributed by atoms with Gasteiger partial charge in [0.1, 0.15) is 29.5 Å². The van der Waals surface area contributed by atoms with Crippen molar-refractivity contribution in [3.63, 3.8) is 0 Å². The van der Waals surface area contributed by atoms with E-state index in [9.17, 15) is 9.18 Å². The minimum atomic E-state index is -1.06. The highest BCUT2D eigenvalue weighted by molar-refractivity contribution is 5.91. The molecule has 0 heterocycles. The summed E-state index contributed by atoms with van der Waals surface area (Å²) in [5.74, 6) is -0.530. The predicted octanol–water partition coefficient (Wildman–Crippen LogP) is 3.42. The minimum absolute atomic E-state index is 0.0782. The number of halogens is 1. The van der Waals surface area contributed by atoms with E-state index in [-0.39, 0.29) is 18.0 Å². The molecule has 0 saturated carbocycles. The summed E-state index contributed by atoms with van der Waals surface area (Å²) in [4.78, 5) is 11.1. The Labute approximate surface area is 121 Å². The van der Waals surface area contributed by atoms with Gasteiger partial charge in [-0.2, -0.15) is 0 Å². The second-order valence-electron chi connectivity index (χ2n) is 4.54. The van der Waals surface area contributed by atoms with E-state index < -0.39 is 5.97 Å². The molecule has 0 radical (unpaired) electrons. The van der Waals surface area contributed by atoms with Crippen LogP contribution in [0.25, 0.3) is 0 Å². The van der Waals surface area contributed by atoms with E-state index >= 15 is 0 Å². The maximum Gasteiger partial charge on any atom is 0.339 e. The summed E-state index contributed by atoms with van der Waals surface area (Å²) < 4.78 is 23.6. The van der Waals surface area contributed by atoms with Gasteiger partial charge in [-0.1, -0.05) is 6.07 Å². The summed E-state index contributed by atoms with van der Waals surface area (Å²) in [6.07, 6.45) is 0. The van der Waals surface area contributed by atoms with Gasteiger partial charge in [-0.3, -0.25) is 0 Å². The Hall–Kier alpha value is -2.56. The number of methoxy groups -OCH3 is 1. The molecule has 4 nitrogen and oxygen atoms in total. The molecule has 1 N–H and O–H groups in total. The van der Waals surface area contributed by atoms with Crippen LogP contribution in [-0.4, -0.2) is 18.2 Å². The molecule has 0 unspecified atom stereocenters. The van der Waals surface area contributed by atoms with Gasteiger partial charge in [-0.15, -0.1) is 0 Å². The summed E-state index contributed by atoms with van der Waals surface area (Å²) in [6.45, 7) is 1.94. The molecular weight excluding hydrogens is 275 g/mol. The van der Waals surface area contributed by atoms with E-state index in [1.165, 1.54) is 25.3 Å². The van der Waals surface area contributed by atoms with Crippen molar-refractivity contribution >= 4 is 5.97 Å². The molecule has 0 fully saturated rings. The number of carboxylic acids is 1. The molecule has 0 aliphatic carbocycles. The van der Waals surface area contributed by atoms with Crippen LogP contribution in [0, 0.1) is 12.7 Å². The van der Waals surface area contributed by atoms with Crippen molar-refractivity contribution < 1.29 is 23.8 Å². The van der Waals surface area contributed by atoms with Gasteiger partial charge in [-0.25, -0.2) is 9.18 Å². The molecule has 0 spiro atoms. The maximum absolute atomic E-state index is 13.0. The van der Waals surface area contributed by atoms with Crippen LogP contribution >= 0.6 is 0 Å². The monoisotopic (exact) mass is 290 g/mol. The molecule has 21 heavy (non-hydrogen) atoms. The Morgan fingerprint density at radius 2 is 1.90 bits per heavy atom. The van der Waals surface area contributed by atoms with Gasteiger partial charge in [0.25, 0.3) is 0 Å². The zero-order valence-electron chi connectivity index (χ0n) is 11.7. The first-order chi connectivity index (χ1) is 10.0. The predicted molar refractivity (Wildman–Crippen MR) is 75.4 cm³/mol. The lowest BCUT2D eigenvalue weighted by Gasteiger charge is -2.11. The molecule has 0 amide bonds. The van der Waals surface area contributed by atoms with Crippen molar-refractivity contribution in [1.82, 2.24) is 0 Å². The number of aromatic carboxylic acids is 1. The lowest BCUT2D eigenvalue weighted by atomic mass is 10.1. The van der Waals surface area contributed by atoms with Gasteiger partial charge < -0.3 is 14.6 Å². The second kappa shape index (κ2) is 6.26. The number of ether oxygens (including phenoxy) is 2. The van der Waals surface area contributed by atoms with Crippen LogP contribution in [0.1, 0.15) is 21.5 Å². The van der Waals surface area contributed by atoms with Gasteiger partial charge in [0.2, 0.25) is 0 Å². The zero-order valence-corrected chi connectivity index (χ0v) is 11.7. The van der Waals surface area contributed by atoms with Crippen LogP contribution in [0.15, 0.2) is 36.4 Å². The smallest absolute Gasteiger partial charge is 0.339 e. The van der Waals surface area contributed by atoms with Crippen molar-refractivity contribution in [3.8, 4) is 11.5 Å². The topological polar surface area (TPSA) is 55.8 Å². The van der Waals surface area contributed by atoms with Gasteiger partial charge in [-0.05, 0) is 48.4 Å². The molecule has 0 saturated heterocycles. The van der Waals surface area contributed by atoms with Crippen LogP contribution in [0.4, 0.5) is 4.39 Å². The summed E-state index contributed by atoms with van der Waals surface area (Å²) >= 11 is 0. The van der Waals surface area contributed by atoms with Crippen LogP contribution in [0.5, 0.6) is 11.5 Å². The normalized spacial score (nSPS) is 10.2. The quantitative estimate of drug-likeness (QED) is 0.916. The average Bonchev–Trinajstić information content (AvgIpc) is 2.46. The van der Waals surface area contributed by atoms with Crippen molar-refractivity contribution in [2.75, 3.05) is 7.11 Å². The first kappa shape index (κ1) is 14.8. The number of hydrogen-bond acceptors (Lipinski definition) is 3. The molecular formula is C16H15FO4. The van der Waals surface area contributed by atoms with Crippen molar-refractivity contribution in [1.29, 1.82) is 0 Å². The van der Waals surface area contributed by atoms with Gasteiger partial charge >= 0.3 is 5.97 Å². The number of carboxylic acid groups (broad SMARTS) is 1. The van der Waals surface area contributed by atoms with Crippen LogP contribution in [0.3, 0.4) is 0 Å². The molecule has 2 aromatic carbocycles. The molecule has 2 rings (SSSR count). The lowest BCUT2D eigenvalue weighted by molar-refractivity contribution is 0.0693. The Kier molecular flexibility index (Phi) is 4.42. The van der Waals surface area contributed by atoms with Gasteiger partial charge in [0.15, 0.2) is 0 Å². The number of carbonyl (C=O) groups is 1. The third kappa shape index (κ3) is 3.51. The van der Waals surface area contributed by atoms with Gasteiger partial charge in [0, 0.05) is 0 Å². The first-order valence-electron chi connectivity index (χ1n) is 6.30. The first-order valence-corrected chi connectivity index (χ1v) is 6.30. The van der Waals surface area contributed by atoms with Crippen LogP contribution in [-0.2, 0) is 6.61 Å². The summed E-state index contributed by atoms with van der Waals surface area (Å²) in [7, 11) is 1.42. The van der Waals surface area contributed by atoms with Crippen molar-refractivity contribution in [2.45, 2.75) is 13.5 Å². The van der Waals surface area contributed by atoms with E-state index in [1.807, 2.05) is 0 Å². The Morgan fingerprint density at radius 3 is 2.52 bits per heavy atom. The summed E-state index contributed by atoms with van der Waals surface area (Å²) in [5.41, 5.74) is 1.45. The molecule has 0 atom stereocenters. The Bertz CT molecular complexity index is 667. The highest BCUT2D eigenvalue weighted by Crippen LogP contribution is 2.23. The largest absolute Gasteiger partial charge is 0.496 e. The van der Waals surface area contributed by atoms with Crippen molar-refractivity contribution in [3.05, 3.63) is 58.9 Å². The van der Waals surface area contributed by atoms with Gasteiger partial charge in [0.05, 0.1) is 7.11 Å². The zero-order chi connectivity index (χ0) is 15.4. The Balaban J connectivity index is 2.16. The SMILES string of the molecule is COc1ccc(COc2ccc(F)cc2C)cc1C(=O)O. The molecule has 0 bridgehead atoms. The van der Waals surface area contributed by atoms with Crippen molar-refractivity contribution in [2.24, 2.45) is 0 Å².